The molecular weight excluding hydrogens is 250 g/mol. The molecule has 0 radical (unpaired) electrons. The molecule has 0 aromatic carbocycles. The minimum atomic E-state index is 0.955. The second-order valence-corrected chi connectivity index (χ2v) is 6.21. The van der Waals surface area contributed by atoms with E-state index >= 15 is 0 Å². The summed E-state index contributed by atoms with van der Waals surface area (Å²) in [4.78, 5) is 16.9. The first kappa shape index (κ1) is 12.2. The number of aromatic nitrogens is 2. The Morgan fingerprint density at radius 1 is 0.750 bits per heavy atom. The zero-order valence-corrected chi connectivity index (χ0v) is 12.3. The molecule has 4 heterocycles. The number of hydrogen-bond acceptors (Lipinski definition) is 5. The lowest BCUT2D eigenvalue weighted by atomic mass is 10.2. The van der Waals surface area contributed by atoms with Crippen LogP contribution < -0.4 is 14.7 Å². The van der Waals surface area contributed by atoms with E-state index in [9.17, 15) is 0 Å². The molecule has 3 aliphatic heterocycles. The summed E-state index contributed by atoms with van der Waals surface area (Å²) < 4.78 is 0. The Kier molecular flexibility index (Phi) is 2.93. The third-order valence-corrected chi connectivity index (χ3v) is 4.80. The molecule has 0 atom stereocenters. The lowest BCUT2D eigenvalue weighted by molar-refractivity contribution is 0.864. The summed E-state index contributed by atoms with van der Waals surface area (Å²) in [6.07, 6.45) is 6.24. The van der Waals surface area contributed by atoms with Crippen molar-refractivity contribution in [1.82, 2.24) is 9.97 Å². The van der Waals surface area contributed by atoms with Crippen LogP contribution in [0.3, 0.4) is 0 Å². The number of anilines is 3. The van der Waals surface area contributed by atoms with Gasteiger partial charge in [0.05, 0.1) is 0 Å². The molecular formula is C15H23N5. The van der Waals surface area contributed by atoms with Gasteiger partial charge in [-0.2, -0.15) is 9.97 Å². The van der Waals surface area contributed by atoms with Crippen LogP contribution in [0.25, 0.3) is 0 Å². The Morgan fingerprint density at radius 3 is 2.05 bits per heavy atom. The van der Waals surface area contributed by atoms with Crippen LogP contribution in [0.5, 0.6) is 0 Å². The fraction of sp³-hybridized carbons (Fsp3) is 0.733. The van der Waals surface area contributed by atoms with Crippen LogP contribution in [-0.4, -0.2) is 49.7 Å². The zero-order chi connectivity index (χ0) is 13.5. The Hall–Kier alpha value is -1.52. The van der Waals surface area contributed by atoms with Crippen molar-refractivity contribution >= 4 is 17.6 Å². The molecule has 5 nitrogen and oxygen atoms in total. The molecule has 3 aliphatic rings. The van der Waals surface area contributed by atoms with Crippen molar-refractivity contribution in [3.63, 3.8) is 0 Å². The summed E-state index contributed by atoms with van der Waals surface area (Å²) in [5.41, 5.74) is 1.37. The fourth-order valence-electron chi connectivity index (χ4n) is 3.62. The second kappa shape index (κ2) is 4.79. The van der Waals surface area contributed by atoms with E-state index < -0.39 is 0 Å². The minimum absolute atomic E-state index is 0.955. The van der Waals surface area contributed by atoms with Crippen molar-refractivity contribution in [3.05, 3.63) is 5.56 Å². The summed E-state index contributed by atoms with van der Waals surface area (Å²) in [5, 5.41) is 0. The molecule has 4 rings (SSSR count). The van der Waals surface area contributed by atoms with E-state index in [1.807, 2.05) is 0 Å². The van der Waals surface area contributed by atoms with E-state index in [1.165, 1.54) is 42.9 Å². The van der Waals surface area contributed by atoms with Crippen molar-refractivity contribution in [1.29, 1.82) is 0 Å². The van der Waals surface area contributed by atoms with E-state index in [1.54, 1.807) is 0 Å². The van der Waals surface area contributed by atoms with Gasteiger partial charge in [0.1, 0.15) is 11.6 Å². The van der Waals surface area contributed by atoms with Crippen LogP contribution in [0.4, 0.5) is 17.6 Å². The highest BCUT2D eigenvalue weighted by Crippen LogP contribution is 2.35. The van der Waals surface area contributed by atoms with Gasteiger partial charge in [-0.05, 0) is 32.1 Å². The van der Waals surface area contributed by atoms with Gasteiger partial charge in [0, 0.05) is 45.3 Å². The molecule has 1 aromatic heterocycles. The minimum Gasteiger partial charge on any atom is -0.359 e. The summed E-state index contributed by atoms with van der Waals surface area (Å²) in [6.45, 7) is 5.62. The van der Waals surface area contributed by atoms with Gasteiger partial charge in [0.25, 0.3) is 0 Å². The summed E-state index contributed by atoms with van der Waals surface area (Å²) in [6, 6.07) is 0. The Morgan fingerprint density at radius 2 is 1.35 bits per heavy atom. The van der Waals surface area contributed by atoms with Gasteiger partial charge in [-0.1, -0.05) is 0 Å². The number of nitrogens with zero attached hydrogens (tertiary/aromatic N) is 5. The Balaban J connectivity index is 1.77. The largest absolute Gasteiger partial charge is 0.359 e. The molecule has 0 N–H and O–H groups in total. The molecule has 0 unspecified atom stereocenters. The Bertz CT molecular complexity index is 503. The third kappa shape index (κ3) is 1.91. The Labute approximate surface area is 120 Å². The SMILES string of the molecule is CN1CCc2c1nc(N1CCCC1)nc2N1CCCC1. The van der Waals surface area contributed by atoms with Crippen LogP contribution in [0.2, 0.25) is 0 Å². The van der Waals surface area contributed by atoms with Gasteiger partial charge >= 0.3 is 0 Å². The summed E-state index contributed by atoms with van der Waals surface area (Å²) >= 11 is 0. The van der Waals surface area contributed by atoms with Gasteiger partial charge in [0.2, 0.25) is 5.95 Å². The molecule has 0 amide bonds. The maximum absolute atomic E-state index is 4.96. The van der Waals surface area contributed by atoms with Crippen LogP contribution in [-0.2, 0) is 6.42 Å². The quantitative estimate of drug-likeness (QED) is 0.819. The molecule has 0 saturated carbocycles. The zero-order valence-electron chi connectivity index (χ0n) is 12.3. The highest BCUT2D eigenvalue weighted by molar-refractivity contribution is 5.66. The van der Waals surface area contributed by atoms with E-state index in [2.05, 4.69) is 21.7 Å². The average Bonchev–Trinajstić information content (AvgIpc) is 3.20. The predicted octanol–water partition coefficient (Wildman–Crippen LogP) is 1.67. The van der Waals surface area contributed by atoms with Crippen molar-refractivity contribution < 1.29 is 0 Å². The molecule has 0 aliphatic carbocycles. The number of likely N-dealkylation sites (N-methyl/N-ethyl adjacent to an activating group) is 1. The number of hydrogen-bond donors (Lipinski definition) is 0. The van der Waals surface area contributed by atoms with Gasteiger partial charge < -0.3 is 14.7 Å². The van der Waals surface area contributed by atoms with Gasteiger partial charge in [-0.15, -0.1) is 0 Å². The smallest absolute Gasteiger partial charge is 0.229 e. The van der Waals surface area contributed by atoms with Gasteiger partial charge in [-0.3, -0.25) is 0 Å². The van der Waals surface area contributed by atoms with E-state index in [0.717, 1.165) is 45.1 Å². The second-order valence-electron chi connectivity index (χ2n) is 6.21. The molecule has 2 fully saturated rings. The van der Waals surface area contributed by atoms with Crippen molar-refractivity contribution in [2.24, 2.45) is 0 Å². The van der Waals surface area contributed by atoms with Crippen LogP contribution in [0.1, 0.15) is 31.2 Å². The maximum atomic E-state index is 4.96. The topological polar surface area (TPSA) is 35.5 Å². The normalized spacial score (nSPS) is 21.9. The number of rotatable bonds is 2. The van der Waals surface area contributed by atoms with Crippen molar-refractivity contribution in [2.45, 2.75) is 32.1 Å². The monoisotopic (exact) mass is 273 g/mol. The number of fused-ring (bicyclic) bond motifs is 1. The predicted molar refractivity (Wildman–Crippen MR) is 81.9 cm³/mol. The van der Waals surface area contributed by atoms with Crippen molar-refractivity contribution in [3.8, 4) is 0 Å². The first-order valence-corrected chi connectivity index (χ1v) is 7.95. The van der Waals surface area contributed by atoms with Crippen LogP contribution in [0, 0.1) is 0 Å². The van der Waals surface area contributed by atoms with Crippen LogP contribution in [0.15, 0.2) is 0 Å². The molecule has 0 spiro atoms. The molecule has 1 aromatic rings. The maximum Gasteiger partial charge on any atom is 0.229 e. The summed E-state index contributed by atoms with van der Waals surface area (Å²) in [7, 11) is 2.15. The highest BCUT2D eigenvalue weighted by Gasteiger charge is 2.29. The molecule has 0 bridgehead atoms. The van der Waals surface area contributed by atoms with E-state index in [0.29, 0.717) is 0 Å². The van der Waals surface area contributed by atoms with Crippen LogP contribution >= 0.6 is 0 Å². The lowest BCUT2D eigenvalue weighted by Gasteiger charge is -2.24. The molecule has 5 heteroatoms. The summed E-state index contributed by atoms with van der Waals surface area (Å²) in [5.74, 6) is 3.35. The third-order valence-electron chi connectivity index (χ3n) is 4.80. The van der Waals surface area contributed by atoms with Gasteiger partial charge in [-0.25, -0.2) is 0 Å². The molecule has 20 heavy (non-hydrogen) atoms. The molecule has 2 saturated heterocycles. The van der Waals surface area contributed by atoms with Crippen molar-refractivity contribution in [2.75, 3.05) is 54.5 Å². The van der Waals surface area contributed by atoms with E-state index in [-0.39, 0.29) is 0 Å². The fourth-order valence-corrected chi connectivity index (χ4v) is 3.62. The molecule has 108 valence electrons. The van der Waals surface area contributed by atoms with E-state index in [4.69, 9.17) is 9.97 Å². The first-order valence-electron chi connectivity index (χ1n) is 7.95. The van der Waals surface area contributed by atoms with Gasteiger partial charge in [0.15, 0.2) is 0 Å². The average molecular weight is 273 g/mol. The standard InChI is InChI=1S/C15H23N5/c1-18-11-6-12-13(18)16-15(20-9-4-5-10-20)17-14(12)19-7-2-3-8-19/h2-11H2,1H3. The highest BCUT2D eigenvalue weighted by atomic mass is 15.3. The lowest BCUT2D eigenvalue weighted by Crippen LogP contribution is -2.26. The first-order chi connectivity index (χ1) is 9.83.